The van der Waals surface area contributed by atoms with Crippen LogP contribution in [0.3, 0.4) is 0 Å². The van der Waals surface area contributed by atoms with Crippen LogP contribution in [0.4, 0.5) is 34.1 Å². The van der Waals surface area contributed by atoms with Crippen LogP contribution >= 0.6 is 0 Å². The normalized spacial score (nSPS) is 18.4. The fourth-order valence-electron chi connectivity index (χ4n) is 12.6. The molecule has 6 aromatic carbocycles. The van der Waals surface area contributed by atoms with E-state index >= 15 is 0 Å². The Morgan fingerprint density at radius 1 is 0.522 bits per heavy atom. The molecular weight excluding hydrogens is 836 g/mol. The third-order valence-electron chi connectivity index (χ3n) is 17.5. The minimum Gasteiger partial charge on any atom is -0.468 e. The van der Waals surface area contributed by atoms with Crippen molar-refractivity contribution < 1.29 is 4.42 Å². The number of benzene rings is 6. The zero-order chi connectivity index (χ0) is 49.1. The van der Waals surface area contributed by atoms with Crippen molar-refractivity contribution in [2.45, 2.75) is 175 Å². The van der Waals surface area contributed by atoms with Gasteiger partial charge in [0.15, 0.2) is 0 Å². The van der Waals surface area contributed by atoms with Gasteiger partial charge in [0.05, 0.1) is 17.0 Å². The summed E-state index contributed by atoms with van der Waals surface area (Å²) in [7, 11) is 0. The van der Waals surface area contributed by atoms with Gasteiger partial charge in [-0.25, -0.2) is 0 Å². The average molecular weight is 911 g/mol. The lowest BCUT2D eigenvalue weighted by Crippen LogP contribution is -2.61. The van der Waals surface area contributed by atoms with Gasteiger partial charge in [-0.3, -0.25) is 0 Å². The minimum absolute atomic E-state index is 0.0148. The number of hydrogen-bond donors (Lipinski definition) is 0. The first kappa shape index (κ1) is 45.9. The Hall–Kier alpha value is -5.48. The molecule has 0 radical (unpaired) electrons. The number of hydrogen-bond acceptors (Lipinski definition) is 3. The van der Waals surface area contributed by atoms with Crippen LogP contribution in [-0.4, -0.2) is 6.71 Å². The molecule has 0 spiro atoms. The van der Waals surface area contributed by atoms with E-state index in [4.69, 9.17) is 4.42 Å². The number of anilines is 6. The molecule has 0 N–H and O–H groups in total. The Morgan fingerprint density at radius 2 is 1.04 bits per heavy atom. The maximum Gasteiger partial charge on any atom is 0.297 e. The Labute approximate surface area is 414 Å². The van der Waals surface area contributed by atoms with Crippen LogP contribution in [0, 0.1) is 0 Å². The quantitative estimate of drug-likeness (QED) is 0.164. The summed E-state index contributed by atoms with van der Waals surface area (Å²) in [5.41, 5.74) is 24.4. The van der Waals surface area contributed by atoms with Gasteiger partial charge in [-0.2, -0.15) is 0 Å². The zero-order valence-electron chi connectivity index (χ0n) is 44.7. The number of rotatable bonds is 4. The Kier molecular flexibility index (Phi) is 10.0. The maximum absolute atomic E-state index is 7.70. The SMILES string of the molecule is CC(C)c1cc2c3c(c1)N(c1ccc(C(C)(C)C)cc1)c1c(oc4cc5c(cc14)C(C)(C)CCC5(C)C)B3c1cc3c(cc1N2c1ccc(C(C)(C)C)cc1-c1ccccc1)C(C)(C)CCC3(C)C. The van der Waals surface area contributed by atoms with Crippen molar-refractivity contribution in [3.05, 3.63) is 148 Å². The summed E-state index contributed by atoms with van der Waals surface area (Å²) < 4.78 is 7.70. The summed E-state index contributed by atoms with van der Waals surface area (Å²) in [6.45, 7) is 38.2. The van der Waals surface area contributed by atoms with E-state index in [1.54, 1.807) is 0 Å². The molecule has 0 atom stereocenters. The van der Waals surface area contributed by atoms with E-state index in [2.05, 4.69) is 230 Å². The summed E-state index contributed by atoms with van der Waals surface area (Å²) in [6, 6.07) is 43.2. The van der Waals surface area contributed by atoms with Gasteiger partial charge in [0.2, 0.25) is 0 Å². The van der Waals surface area contributed by atoms with Gasteiger partial charge >= 0.3 is 0 Å². The van der Waals surface area contributed by atoms with Gasteiger partial charge in [0.1, 0.15) is 5.58 Å². The van der Waals surface area contributed by atoms with Crippen LogP contribution in [0.1, 0.15) is 181 Å². The first-order valence-electron chi connectivity index (χ1n) is 26.2. The summed E-state index contributed by atoms with van der Waals surface area (Å²) in [5.74, 6) is 0.288. The van der Waals surface area contributed by atoms with Crippen LogP contribution in [0.5, 0.6) is 0 Å². The molecule has 0 saturated heterocycles. The molecule has 69 heavy (non-hydrogen) atoms. The third-order valence-corrected chi connectivity index (χ3v) is 17.5. The van der Waals surface area contributed by atoms with Crippen LogP contribution in [-0.2, 0) is 32.5 Å². The maximum atomic E-state index is 7.70. The first-order chi connectivity index (χ1) is 32.3. The van der Waals surface area contributed by atoms with Gasteiger partial charge in [-0.05, 0) is 174 Å². The molecule has 0 bridgehead atoms. The lowest BCUT2D eigenvalue weighted by molar-refractivity contribution is 0.332. The highest BCUT2D eigenvalue weighted by Crippen LogP contribution is 2.55. The molecule has 0 fully saturated rings. The van der Waals surface area contributed by atoms with Crippen molar-refractivity contribution in [2.24, 2.45) is 0 Å². The first-order valence-corrected chi connectivity index (χ1v) is 26.2. The van der Waals surface area contributed by atoms with Crippen molar-refractivity contribution in [1.82, 2.24) is 0 Å². The highest BCUT2D eigenvalue weighted by molar-refractivity contribution is 7.00. The van der Waals surface area contributed by atoms with Crippen LogP contribution in [0.25, 0.3) is 22.1 Å². The summed E-state index contributed by atoms with van der Waals surface area (Å²) >= 11 is 0. The van der Waals surface area contributed by atoms with Crippen LogP contribution < -0.4 is 26.4 Å². The van der Waals surface area contributed by atoms with Gasteiger partial charge in [0.25, 0.3) is 6.71 Å². The lowest BCUT2D eigenvalue weighted by atomic mass is 9.35. The van der Waals surface area contributed by atoms with E-state index in [1.165, 1.54) is 94.8 Å². The molecule has 354 valence electrons. The van der Waals surface area contributed by atoms with Crippen molar-refractivity contribution in [1.29, 1.82) is 0 Å². The highest BCUT2D eigenvalue weighted by atomic mass is 16.3. The molecule has 11 rings (SSSR count). The summed E-state index contributed by atoms with van der Waals surface area (Å²) in [6.07, 6.45) is 4.61. The molecular formula is C65H75BN2O. The van der Waals surface area contributed by atoms with Crippen molar-refractivity contribution in [2.75, 3.05) is 9.80 Å². The Morgan fingerprint density at radius 3 is 1.61 bits per heavy atom. The molecule has 2 aliphatic heterocycles. The number of furan rings is 1. The Balaban J connectivity index is 1.31. The van der Waals surface area contributed by atoms with Crippen molar-refractivity contribution >= 4 is 68.4 Å². The van der Waals surface area contributed by atoms with Gasteiger partial charge in [-0.15, -0.1) is 0 Å². The van der Waals surface area contributed by atoms with Gasteiger partial charge in [0, 0.05) is 33.7 Å². The van der Waals surface area contributed by atoms with E-state index < -0.39 is 0 Å². The van der Waals surface area contributed by atoms with Crippen LogP contribution in [0.2, 0.25) is 0 Å². The molecule has 3 nitrogen and oxygen atoms in total. The highest BCUT2D eigenvalue weighted by Gasteiger charge is 2.50. The average Bonchev–Trinajstić information content (AvgIpc) is 3.66. The predicted octanol–water partition coefficient (Wildman–Crippen LogP) is 16.6. The van der Waals surface area contributed by atoms with Gasteiger partial charge < -0.3 is 14.2 Å². The smallest absolute Gasteiger partial charge is 0.297 e. The third kappa shape index (κ3) is 7.11. The number of nitrogens with zero attached hydrogens (tertiary/aromatic N) is 2. The molecule has 3 heterocycles. The summed E-state index contributed by atoms with van der Waals surface area (Å²) in [5, 5.41) is 1.21. The van der Waals surface area contributed by atoms with Crippen molar-refractivity contribution in [3.8, 4) is 11.1 Å². The molecule has 4 aliphatic rings. The standard InChI is InChI=1S/C65H75BN2O/c1-39(2)41-32-54-57-55(33-41)68(52-27-24-43(61(6,7)8)34-45(52)40-20-18-17-19-21-40)53-37-49-48(63(11,12)29-30-64(49,13)14)36-51(53)66(57)59-58(67(54)44-25-22-42(23-26-44)60(3,4)5)46-35-47-50(38-56(46)69-59)65(15,16)31-28-62(47,9)10/h17-27,32-39H,28-31H2,1-16H3. The monoisotopic (exact) mass is 911 g/mol. The van der Waals surface area contributed by atoms with E-state index in [1.807, 2.05) is 0 Å². The zero-order valence-corrected chi connectivity index (χ0v) is 44.7. The second-order valence-corrected chi connectivity index (χ2v) is 26.6. The largest absolute Gasteiger partial charge is 0.468 e. The molecule has 0 unspecified atom stereocenters. The lowest BCUT2D eigenvalue weighted by Gasteiger charge is -2.47. The molecule has 1 aromatic heterocycles. The molecule has 0 saturated carbocycles. The van der Waals surface area contributed by atoms with E-state index in [0.29, 0.717) is 0 Å². The van der Waals surface area contributed by atoms with Crippen LogP contribution in [0.15, 0.2) is 114 Å². The Bertz CT molecular complexity index is 3220. The fourth-order valence-corrected chi connectivity index (χ4v) is 12.6. The second kappa shape index (κ2) is 15.0. The van der Waals surface area contributed by atoms with E-state index in [-0.39, 0.29) is 45.1 Å². The van der Waals surface area contributed by atoms with Gasteiger partial charge in [-0.1, -0.05) is 165 Å². The minimum atomic E-state index is -0.131. The van der Waals surface area contributed by atoms with Crippen molar-refractivity contribution in [3.63, 3.8) is 0 Å². The van der Waals surface area contributed by atoms with E-state index in [9.17, 15) is 0 Å². The molecule has 0 amide bonds. The topological polar surface area (TPSA) is 19.6 Å². The predicted molar refractivity (Wildman–Crippen MR) is 298 cm³/mol. The molecule has 2 aliphatic carbocycles. The summed E-state index contributed by atoms with van der Waals surface area (Å²) in [4.78, 5) is 5.29. The fraction of sp³-hybridized carbons (Fsp3) is 0.415. The molecule has 7 aromatic rings. The molecule has 4 heteroatoms. The second-order valence-electron chi connectivity index (χ2n) is 26.6. The number of fused-ring (bicyclic) bond motifs is 8. The van der Waals surface area contributed by atoms with E-state index in [0.717, 1.165) is 42.6 Å².